The van der Waals surface area contributed by atoms with Gasteiger partial charge in [-0.2, -0.15) is 0 Å². The van der Waals surface area contributed by atoms with E-state index in [1.165, 1.54) is 20.1 Å². The van der Waals surface area contributed by atoms with Crippen LogP contribution in [0.25, 0.3) is 5.70 Å². The summed E-state index contributed by atoms with van der Waals surface area (Å²) < 4.78 is 4.82. The van der Waals surface area contributed by atoms with Gasteiger partial charge in [-0.1, -0.05) is 36.9 Å². The number of anilines is 1. The third-order valence-corrected chi connectivity index (χ3v) is 6.06. The summed E-state index contributed by atoms with van der Waals surface area (Å²) in [5.74, 6) is -2.64. The molecule has 37 heavy (non-hydrogen) atoms. The highest BCUT2D eigenvalue weighted by molar-refractivity contribution is 6.18. The molecule has 0 unspecified atom stereocenters. The minimum atomic E-state index is -1.04. The molecule has 0 atom stereocenters. The number of allylic oxidation sites excluding steroid dienone is 3. The highest BCUT2D eigenvalue weighted by atomic mass is 16.5. The van der Waals surface area contributed by atoms with E-state index in [1.807, 2.05) is 18.2 Å². The van der Waals surface area contributed by atoms with Gasteiger partial charge in [0.05, 0.1) is 29.6 Å². The molecule has 1 fully saturated rings. The molecule has 0 aromatic heterocycles. The van der Waals surface area contributed by atoms with Gasteiger partial charge in [0.25, 0.3) is 5.91 Å². The van der Waals surface area contributed by atoms with Crippen LogP contribution < -0.4 is 5.32 Å². The number of esters is 1. The van der Waals surface area contributed by atoms with Crippen molar-refractivity contribution >= 4 is 35.1 Å². The Labute approximate surface area is 215 Å². The standard InChI is InChI=1S/C29H28N2O6/c1-16(18(3)29(36)37-6)15-24-19(4)31(20(5)32)27(33)25(24)26(21-10-8-7-9-11-21)30-22-12-13-23(28(34)35)17(2)14-22/h7-15,30H,4H2,1-3,5-6H3,(H,34,35)/b18-16+,24-15+,26-25-. The summed E-state index contributed by atoms with van der Waals surface area (Å²) in [6, 6.07) is 13.8. The lowest BCUT2D eigenvalue weighted by Crippen LogP contribution is -2.28. The van der Waals surface area contributed by atoms with E-state index in [0.717, 1.165) is 4.90 Å². The lowest BCUT2D eigenvalue weighted by molar-refractivity contribution is -0.137. The molecule has 3 rings (SSSR count). The van der Waals surface area contributed by atoms with Crippen LogP contribution in [0.15, 0.2) is 89.2 Å². The number of hydrogen-bond acceptors (Lipinski definition) is 6. The molecule has 2 aromatic carbocycles. The van der Waals surface area contributed by atoms with Crippen molar-refractivity contribution in [3.05, 3.63) is 106 Å². The summed E-state index contributed by atoms with van der Waals surface area (Å²) in [4.78, 5) is 50.6. The van der Waals surface area contributed by atoms with Gasteiger partial charge >= 0.3 is 11.9 Å². The van der Waals surface area contributed by atoms with Gasteiger partial charge < -0.3 is 15.2 Å². The lowest BCUT2D eigenvalue weighted by atomic mass is 9.97. The van der Waals surface area contributed by atoms with Crippen molar-refractivity contribution in [3.63, 3.8) is 0 Å². The van der Waals surface area contributed by atoms with Gasteiger partial charge in [0.2, 0.25) is 5.91 Å². The van der Waals surface area contributed by atoms with Crippen LogP contribution in [0.2, 0.25) is 0 Å². The number of likely N-dealkylation sites (tertiary alicyclic amines) is 1. The second-order valence-electron chi connectivity index (χ2n) is 8.54. The Morgan fingerprint density at radius 1 is 1.05 bits per heavy atom. The van der Waals surface area contributed by atoms with Gasteiger partial charge in [0.1, 0.15) is 0 Å². The zero-order valence-corrected chi connectivity index (χ0v) is 21.3. The van der Waals surface area contributed by atoms with Crippen molar-refractivity contribution < 1.29 is 29.0 Å². The first-order valence-electron chi connectivity index (χ1n) is 11.4. The average Bonchev–Trinajstić information content (AvgIpc) is 3.10. The summed E-state index contributed by atoms with van der Waals surface area (Å²) in [5.41, 5.74) is 3.89. The van der Waals surface area contributed by atoms with E-state index in [2.05, 4.69) is 11.9 Å². The van der Waals surface area contributed by atoms with Gasteiger partial charge in [-0.25, -0.2) is 14.5 Å². The normalized spacial score (nSPS) is 16.5. The first kappa shape index (κ1) is 26.9. The molecule has 0 saturated carbocycles. The molecule has 0 aliphatic carbocycles. The highest BCUT2D eigenvalue weighted by Crippen LogP contribution is 2.39. The van der Waals surface area contributed by atoms with E-state index in [0.29, 0.717) is 39.2 Å². The maximum Gasteiger partial charge on any atom is 0.335 e. The number of amides is 2. The molecule has 190 valence electrons. The quantitative estimate of drug-likeness (QED) is 0.430. The molecule has 2 N–H and O–H groups in total. The minimum Gasteiger partial charge on any atom is -0.478 e. The molecular formula is C29H28N2O6. The fraction of sp³-hybridized carbons (Fsp3) is 0.172. The zero-order chi connectivity index (χ0) is 27.4. The number of carbonyl (C=O) groups excluding carboxylic acids is 3. The van der Waals surface area contributed by atoms with Gasteiger partial charge in [-0.05, 0) is 61.7 Å². The average molecular weight is 501 g/mol. The molecule has 8 heteroatoms. The van der Waals surface area contributed by atoms with Crippen LogP contribution in [0.1, 0.15) is 42.3 Å². The van der Waals surface area contributed by atoms with Crippen LogP contribution in [0, 0.1) is 6.92 Å². The van der Waals surface area contributed by atoms with Crippen LogP contribution >= 0.6 is 0 Å². The third kappa shape index (κ3) is 5.43. The number of carbonyl (C=O) groups is 4. The van der Waals surface area contributed by atoms with Crippen LogP contribution in [-0.2, 0) is 19.1 Å². The second-order valence-corrected chi connectivity index (χ2v) is 8.54. The van der Waals surface area contributed by atoms with Crippen molar-refractivity contribution in [2.75, 3.05) is 12.4 Å². The number of rotatable bonds is 6. The first-order valence-corrected chi connectivity index (χ1v) is 11.4. The van der Waals surface area contributed by atoms with E-state index >= 15 is 0 Å². The van der Waals surface area contributed by atoms with Crippen molar-refractivity contribution in [2.45, 2.75) is 27.7 Å². The predicted octanol–water partition coefficient (Wildman–Crippen LogP) is 4.85. The summed E-state index contributed by atoms with van der Waals surface area (Å²) in [6.07, 6.45) is 1.63. The van der Waals surface area contributed by atoms with Gasteiger partial charge in [0, 0.05) is 23.8 Å². The Morgan fingerprint density at radius 2 is 1.70 bits per heavy atom. The summed E-state index contributed by atoms with van der Waals surface area (Å²) >= 11 is 0. The fourth-order valence-electron chi connectivity index (χ4n) is 3.99. The molecule has 1 aliphatic heterocycles. The third-order valence-electron chi connectivity index (χ3n) is 6.06. The van der Waals surface area contributed by atoms with E-state index in [4.69, 9.17) is 4.74 Å². The number of nitrogens with zero attached hydrogens (tertiary/aromatic N) is 1. The minimum absolute atomic E-state index is 0.159. The molecule has 0 radical (unpaired) electrons. The van der Waals surface area contributed by atoms with Crippen molar-refractivity contribution in [3.8, 4) is 0 Å². The van der Waals surface area contributed by atoms with Gasteiger partial charge in [-0.15, -0.1) is 0 Å². The number of carboxylic acids is 1. The predicted molar refractivity (Wildman–Crippen MR) is 140 cm³/mol. The molecule has 8 nitrogen and oxygen atoms in total. The van der Waals surface area contributed by atoms with Crippen LogP contribution in [0.5, 0.6) is 0 Å². The number of ether oxygens (including phenoxy) is 1. The number of aryl methyl sites for hydroxylation is 1. The van der Waals surface area contributed by atoms with Crippen molar-refractivity contribution in [2.24, 2.45) is 0 Å². The smallest absolute Gasteiger partial charge is 0.335 e. The Morgan fingerprint density at radius 3 is 2.24 bits per heavy atom. The van der Waals surface area contributed by atoms with Gasteiger partial charge in [0.15, 0.2) is 0 Å². The fourth-order valence-corrected chi connectivity index (χ4v) is 3.99. The van der Waals surface area contributed by atoms with Crippen LogP contribution in [0.3, 0.4) is 0 Å². The Bertz CT molecular complexity index is 1410. The number of hydrogen-bond donors (Lipinski definition) is 2. The molecular weight excluding hydrogens is 472 g/mol. The maximum absolute atomic E-state index is 13.6. The number of benzene rings is 2. The molecule has 2 aromatic rings. The number of aromatic carboxylic acids is 1. The Kier molecular flexibility index (Phi) is 7.92. The molecule has 0 bridgehead atoms. The van der Waals surface area contributed by atoms with E-state index in [-0.39, 0.29) is 16.8 Å². The summed E-state index contributed by atoms with van der Waals surface area (Å²) in [7, 11) is 1.28. The maximum atomic E-state index is 13.6. The van der Waals surface area contributed by atoms with E-state index < -0.39 is 23.8 Å². The van der Waals surface area contributed by atoms with Crippen molar-refractivity contribution in [1.29, 1.82) is 0 Å². The molecule has 0 spiro atoms. The first-order chi connectivity index (χ1) is 17.5. The second kappa shape index (κ2) is 10.9. The Balaban J connectivity index is 2.32. The number of nitrogens with one attached hydrogen (secondary N) is 1. The zero-order valence-electron chi connectivity index (χ0n) is 21.3. The largest absolute Gasteiger partial charge is 0.478 e. The van der Waals surface area contributed by atoms with E-state index in [1.54, 1.807) is 51.1 Å². The number of imide groups is 1. The SMILES string of the molecule is C=C1C(=C\C(C)=C(/C)C(=O)OC)/C(=C(/Nc2ccc(C(=O)O)c(C)c2)c2ccccc2)C(=O)N1C(C)=O. The van der Waals surface area contributed by atoms with Gasteiger partial charge in [-0.3, -0.25) is 9.59 Å². The van der Waals surface area contributed by atoms with Crippen LogP contribution in [-0.4, -0.2) is 40.9 Å². The summed E-state index contributed by atoms with van der Waals surface area (Å²) in [5, 5.41) is 12.6. The number of carboxylic acid groups (broad SMARTS) is 1. The lowest BCUT2D eigenvalue weighted by Gasteiger charge is -2.16. The molecule has 1 saturated heterocycles. The van der Waals surface area contributed by atoms with Crippen molar-refractivity contribution in [1.82, 2.24) is 4.90 Å². The number of methoxy groups -OCH3 is 1. The monoisotopic (exact) mass is 500 g/mol. The molecule has 1 heterocycles. The van der Waals surface area contributed by atoms with Crippen LogP contribution in [0.4, 0.5) is 5.69 Å². The summed E-state index contributed by atoms with van der Waals surface area (Å²) in [6.45, 7) is 10.3. The Hall–Kier alpha value is -4.72. The van der Waals surface area contributed by atoms with E-state index in [9.17, 15) is 24.3 Å². The topological polar surface area (TPSA) is 113 Å². The highest BCUT2D eigenvalue weighted by Gasteiger charge is 2.39. The molecule has 1 aliphatic rings. The molecule has 2 amide bonds.